The Labute approximate surface area is 175 Å². The first-order chi connectivity index (χ1) is 13.9. The minimum absolute atomic E-state index is 0.0281. The summed E-state index contributed by atoms with van der Waals surface area (Å²) in [5, 5.41) is 11.7. The van der Waals surface area contributed by atoms with Crippen LogP contribution in [0.5, 0.6) is 0 Å². The van der Waals surface area contributed by atoms with Crippen LogP contribution in [0.3, 0.4) is 0 Å². The van der Waals surface area contributed by atoms with Gasteiger partial charge >= 0.3 is 5.97 Å². The molecule has 0 bridgehead atoms. The van der Waals surface area contributed by atoms with Crippen LogP contribution in [0.4, 0.5) is 10.1 Å². The van der Waals surface area contributed by atoms with E-state index in [0.29, 0.717) is 0 Å². The number of amides is 2. The van der Waals surface area contributed by atoms with Crippen molar-refractivity contribution >= 4 is 57.8 Å². The number of halogens is 1. The molecule has 1 fully saturated rings. The van der Waals surface area contributed by atoms with Gasteiger partial charge in [0, 0.05) is 18.5 Å². The Morgan fingerprint density at radius 1 is 1.17 bits per heavy atom. The molecular weight excluding hydrogens is 415 g/mol. The van der Waals surface area contributed by atoms with E-state index in [9.17, 15) is 18.8 Å². The van der Waals surface area contributed by atoms with Crippen LogP contribution in [0.2, 0.25) is 0 Å². The second-order valence-electron chi connectivity index (χ2n) is 6.00. The zero-order valence-corrected chi connectivity index (χ0v) is 16.6. The number of nitrogens with one attached hydrogen (secondary N) is 1. The van der Waals surface area contributed by atoms with Gasteiger partial charge in [0.1, 0.15) is 10.1 Å². The summed E-state index contributed by atoms with van der Waals surface area (Å²) < 4.78 is 14.1. The van der Waals surface area contributed by atoms with Crippen LogP contribution in [0, 0.1) is 5.82 Å². The Kier molecular flexibility index (Phi) is 6.40. The Bertz CT molecular complexity index is 1040. The second kappa shape index (κ2) is 8.97. The van der Waals surface area contributed by atoms with E-state index in [0.717, 1.165) is 11.8 Å². The largest absolute Gasteiger partial charge is 0.478 e. The molecule has 0 saturated carbocycles. The van der Waals surface area contributed by atoms with Crippen LogP contribution >= 0.6 is 24.0 Å². The maximum Gasteiger partial charge on any atom is 0.337 e. The first-order valence-corrected chi connectivity index (χ1v) is 9.71. The molecule has 0 aliphatic carbocycles. The smallest absolute Gasteiger partial charge is 0.337 e. The summed E-state index contributed by atoms with van der Waals surface area (Å²) in [6.45, 7) is 0.0281. The van der Waals surface area contributed by atoms with Gasteiger partial charge in [-0.25, -0.2) is 9.18 Å². The highest BCUT2D eigenvalue weighted by molar-refractivity contribution is 8.26. The van der Waals surface area contributed by atoms with Gasteiger partial charge in [-0.2, -0.15) is 0 Å². The van der Waals surface area contributed by atoms with Crippen molar-refractivity contribution in [1.82, 2.24) is 4.90 Å². The third kappa shape index (κ3) is 4.87. The number of nitrogens with zero attached hydrogens (tertiary/aromatic N) is 1. The average Bonchev–Trinajstić information content (AvgIpc) is 2.95. The summed E-state index contributed by atoms with van der Waals surface area (Å²) in [5.74, 6) is -2.46. The molecule has 29 heavy (non-hydrogen) atoms. The normalized spacial score (nSPS) is 15.1. The molecule has 1 heterocycles. The van der Waals surface area contributed by atoms with E-state index in [1.165, 1.54) is 29.2 Å². The summed E-state index contributed by atoms with van der Waals surface area (Å²) in [4.78, 5) is 37.5. The van der Waals surface area contributed by atoms with Crippen LogP contribution in [0.1, 0.15) is 22.3 Å². The highest BCUT2D eigenvalue weighted by atomic mass is 32.2. The van der Waals surface area contributed by atoms with Gasteiger partial charge in [0.15, 0.2) is 0 Å². The molecule has 1 saturated heterocycles. The van der Waals surface area contributed by atoms with E-state index in [1.54, 1.807) is 30.3 Å². The number of hydrogen-bond donors (Lipinski definition) is 2. The number of hydrogen-bond acceptors (Lipinski definition) is 5. The molecule has 2 N–H and O–H groups in total. The van der Waals surface area contributed by atoms with Gasteiger partial charge < -0.3 is 10.4 Å². The quantitative estimate of drug-likeness (QED) is 0.536. The summed E-state index contributed by atoms with van der Waals surface area (Å²) in [5.41, 5.74) is 0.421. The third-order valence-corrected chi connectivity index (χ3v) is 5.44. The number of thioether (sulfide) groups is 1. The minimum atomic E-state index is -1.16. The Balaban J connectivity index is 1.65. The number of carboxylic acid groups (broad SMARTS) is 1. The SMILES string of the molecule is O=C(CCN1C(=O)/C(=C/c2ccccc2F)SC1=S)Nc1ccccc1C(=O)O. The Morgan fingerprint density at radius 2 is 1.86 bits per heavy atom. The lowest BCUT2D eigenvalue weighted by Gasteiger charge is -2.14. The van der Waals surface area contributed by atoms with Crippen LogP contribution in [0.15, 0.2) is 53.4 Å². The van der Waals surface area contributed by atoms with Crippen LogP contribution in [0.25, 0.3) is 6.08 Å². The number of para-hydroxylation sites is 1. The average molecular weight is 430 g/mol. The number of anilines is 1. The first-order valence-electron chi connectivity index (χ1n) is 8.49. The number of rotatable bonds is 6. The van der Waals surface area contributed by atoms with Crippen LogP contribution in [-0.2, 0) is 9.59 Å². The van der Waals surface area contributed by atoms with E-state index in [4.69, 9.17) is 17.3 Å². The van der Waals surface area contributed by atoms with E-state index in [2.05, 4.69) is 5.32 Å². The fourth-order valence-electron chi connectivity index (χ4n) is 2.63. The maximum absolute atomic E-state index is 13.8. The highest BCUT2D eigenvalue weighted by Gasteiger charge is 2.32. The van der Waals surface area contributed by atoms with Crippen molar-refractivity contribution < 1.29 is 23.9 Å². The lowest BCUT2D eigenvalue weighted by Crippen LogP contribution is -2.31. The number of benzene rings is 2. The van der Waals surface area contributed by atoms with Gasteiger partial charge in [-0.1, -0.05) is 54.3 Å². The van der Waals surface area contributed by atoms with Crippen molar-refractivity contribution in [2.45, 2.75) is 6.42 Å². The standard InChI is InChI=1S/C20H15FN2O4S2/c21-14-7-3-1-5-12(14)11-16-18(25)23(20(28)29-16)10-9-17(24)22-15-8-4-2-6-13(15)19(26)27/h1-8,11H,9-10H2,(H,22,24)(H,26,27)/b16-11-. The molecular formula is C20H15FN2O4S2. The predicted octanol–water partition coefficient (Wildman–Crippen LogP) is 3.75. The number of thiocarbonyl (C=S) groups is 1. The van der Waals surface area contributed by atoms with Crippen molar-refractivity contribution in [3.8, 4) is 0 Å². The molecule has 9 heteroatoms. The molecule has 2 aromatic rings. The molecule has 1 aliphatic rings. The summed E-state index contributed by atoms with van der Waals surface area (Å²) in [6, 6.07) is 12.1. The molecule has 0 aromatic heterocycles. The highest BCUT2D eigenvalue weighted by Crippen LogP contribution is 2.33. The van der Waals surface area contributed by atoms with E-state index in [-0.39, 0.29) is 39.0 Å². The molecule has 2 amide bonds. The fraction of sp³-hybridized carbons (Fsp3) is 0.100. The zero-order chi connectivity index (χ0) is 21.0. The molecule has 0 unspecified atom stereocenters. The Hall–Kier alpha value is -3.04. The zero-order valence-electron chi connectivity index (χ0n) is 14.9. The van der Waals surface area contributed by atoms with Crippen molar-refractivity contribution in [3.63, 3.8) is 0 Å². The monoisotopic (exact) mass is 430 g/mol. The van der Waals surface area contributed by atoms with Gasteiger partial charge in [0.2, 0.25) is 5.91 Å². The summed E-state index contributed by atoms with van der Waals surface area (Å²) in [6.07, 6.45) is 1.35. The topological polar surface area (TPSA) is 86.7 Å². The number of aromatic carboxylic acids is 1. The van der Waals surface area contributed by atoms with Crippen molar-refractivity contribution in [2.24, 2.45) is 0 Å². The lowest BCUT2D eigenvalue weighted by molar-refractivity contribution is -0.122. The number of carbonyl (C=O) groups excluding carboxylic acids is 2. The number of carbonyl (C=O) groups is 3. The summed E-state index contributed by atoms with van der Waals surface area (Å²) >= 11 is 6.24. The van der Waals surface area contributed by atoms with E-state index >= 15 is 0 Å². The molecule has 1 aliphatic heterocycles. The molecule has 0 radical (unpaired) electrons. The maximum atomic E-state index is 13.8. The van der Waals surface area contributed by atoms with Gasteiger partial charge in [0.05, 0.1) is 16.2 Å². The molecule has 6 nitrogen and oxygen atoms in total. The number of carboxylic acids is 1. The molecule has 3 rings (SSSR count). The minimum Gasteiger partial charge on any atom is -0.478 e. The second-order valence-corrected chi connectivity index (χ2v) is 7.68. The lowest BCUT2D eigenvalue weighted by atomic mass is 10.1. The van der Waals surface area contributed by atoms with Crippen LogP contribution < -0.4 is 5.32 Å². The van der Waals surface area contributed by atoms with Gasteiger partial charge in [0.25, 0.3) is 5.91 Å². The van der Waals surface area contributed by atoms with Gasteiger partial charge in [-0.05, 0) is 24.3 Å². The fourth-order valence-corrected chi connectivity index (χ4v) is 3.93. The van der Waals surface area contributed by atoms with Crippen molar-refractivity contribution in [3.05, 3.63) is 70.4 Å². The van der Waals surface area contributed by atoms with E-state index in [1.807, 2.05) is 0 Å². The molecule has 2 aromatic carbocycles. The Morgan fingerprint density at radius 3 is 2.59 bits per heavy atom. The van der Waals surface area contributed by atoms with E-state index < -0.39 is 23.6 Å². The predicted molar refractivity (Wildman–Crippen MR) is 113 cm³/mol. The molecule has 0 atom stereocenters. The summed E-state index contributed by atoms with van der Waals surface area (Å²) in [7, 11) is 0. The molecule has 0 spiro atoms. The third-order valence-electron chi connectivity index (χ3n) is 4.06. The first kappa shape index (κ1) is 20.7. The van der Waals surface area contributed by atoms with Crippen LogP contribution in [-0.4, -0.2) is 38.7 Å². The van der Waals surface area contributed by atoms with Crippen molar-refractivity contribution in [2.75, 3.05) is 11.9 Å². The van der Waals surface area contributed by atoms with Crippen molar-refractivity contribution in [1.29, 1.82) is 0 Å². The van der Waals surface area contributed by atoms with Gasteiger partial charge in [-0.3, -0.25) is 14.5 Å². The molecule has 148 valence electrons. The van der Waals surface area contributed by atoms with Gasteiger partial charge in [-0.15, -0.1) is 0 Å².